The van der Waals surface area contributed by atoms with Crippen molar-refractivity contribution in [3.05, 3.63) is 24.6 Å². The van der Waals surface area contributed by atoms with E-state index in [2.05, 4.69) is 16.6 Å². The molecule has 2 nitrogen and oxygen atoms in total. The SMILES string of the molecule is C=CN=C(C)/C=C(/C)N=CC. The zero-order valence-corrected chi connectivity index (χ0v) is 7.33. The molecule has 0 aromatic carbocycles. The van der Waals surface area contributed by atoms with Crippen molar-refractivity contribution in [1.29, 1.82) is 0 Å². The van der Waals surface area contributed by atoms with Gasteiger partial charge in [-0.25, -0.2) is 0 Å². The molecule has 0 fully saturated rings. The van der Waals surface area contributed by atoms with Crippen LogP contribution in [0.15, 0.2) is 34.5 Å². The summed E-state index contributed by atoms with van der Waals surface area (Å²) in [6, 6.07) is 0. The maximum absolute atomic E-state index is 4.07. The molecule has 0 aliphatic rings. The summed E-state index contributed by atoms with van der Waals surface area (Å²) in [5.41, 5.74) is 1.87. The van der Waals surface area contributed by atoms with Crippen LogP contribution in [0.1, 0.15) is 20.8 Å². The number of hydrogen-bond acceptors (Lipinski definition) is 2. The number of aliphatic imine (C=N–C) groups is 2. The Labute approximate surface area is 68.1 Å². The Bertz CT molecular complexity index is 210. The predicted molar refractivity (Wildman–Crippen MR) is 51.2 cm³/mol. The van der Waals surface area contributed by atoms with Crippen molar-refractivity contribution in [2.75, 3.05) is 0 Å². The van der Waals surface area contributed by atoms with Crippen LogP contribution in [-0.2, 0) is 0 Å². The third kappa shape index (κ3) is 5.27. The standard InChI is InChI=1S/C9H14N2/c1-5-10-8(3)7-9(4)11-6-2/h5-7H,1H2,2-4H3/b9-7-,10-8?,11-6?. The van der Waals surface area contributed by atoms with Crippen LogP contribution >= 0.6 is 0 Å². The molecule has 0 N–H and O–H groups in total. The Morgan fingerprint density at radius 3 is 2.45 bits per heavy atom. The van der Waals surface area contributed by atoms with Crippen LogP contribution in [0.2, 0.25) is 0 Å². The van der Waals surface area contributed by atoms with Gasteiger partial charge in [-0.05, 0) is 26.8 Å². The Balaban J connectivity index is 4.29. The average Bonchev–Trinajstić information content (AvgIpc) is 1.87. The van der Waals surface area contributed by atoms with Crippen LogP contribution in [0.5, 0.6) is 0 Å². The lowest BCUT2D eigenvalue weighted by atomic mass is 10.3. The lowest BCUT2D eigenvalue weighted by molar-refractivity contribution is 1.32. The van der Waals surface area contributed by atoms with Gasteiger partial charge in [0.2, 0.25) is 0 Å². The monoisotopic (exact) mass is 150 g/mol. The van der Waals surface area contributed by atoms with E-state index in [0.717, 1.165) is 11.4 Å². The minimum atomic E-state index is 0.920. The van der Waals surface area contributed by atoms with Crippen molar-refractivity contribution >= 4 is 11.9 Å². The molecular weight excluding hydrogens is 136 g/mol. The Hall–Kier alpha value is -1.18. The molecule has 0 bridgehead atoms. The summed E-state index contributed by atoms with van der Waals surface area (Å²) in [7, 11) is 0. The van der Waals surface area contributed by atoms with E-state index in [4.69, 9.17) is 0 Å². The van der Waals surface area contributed by atoms with Gasteiger partial charge in [-0.2, -0.15) is 0 Å². The fourth-order valence-corrected chi connectivity index (χ4v) is 0.724. The van der Waals surface area contributed by atoms with Crippen molar-refractivity contribution in [2.24, 2.45) is 9.98 Å². The highest BCUT2D eigenvalue weighted by atomic mass is 14.7. The summed E-state index contributed by atoms with van der Waals surface area (Å²) in [5.74, 6) is 0. The maximum atomic E-state index is 4.07. The van der Waals surface area contributed by atoms with E-state index in [1.54, 1.807) is 6.21 Å². The second-order valence-electron chi connectivity index (χ2n) is 2.13. The predicted octanol–water partition coefficient (Wildman–Crippen LogP) is 2.59. The molecule has 0 aliphatic carbocycles. The minimum absolute atomic E-state index is 0.920. The summed E-state index contributed by atoms with van der Waals surface area (Å²) in [5, 5.41) is 0. The van der Waals surface area contributed by atoms with Crippen LogP contribution in [0.25, 0.3) is 0 Å². The highest BCUT2D eigenvalue weighted by molar-refractivity contribution is 5.93. The van der Waals surface area contributed by atoms with Gasteiger partial charge in [0, 0.05) is 23.8 Å². The molecule has 0 saturated heterocycles. The van der Waals surface area contributed by atoms with Gasteiger partial charge in [-0.1, -0.05) is 6.58 Å². The third-order valence-corrected chi connectivity index (χ3v) is 1.05. The van der Waals surface area contributed by atoms with Gasteiger partial charge < -0.3 is 0 Å². The topological polar surface area (TPSA) is 24.7 Å². The fraction of sp³-hybridized carbons (Fsp3) is 0.333. The minimum Gasteiger partial charge on any atom is -0.266 e. The molecule has 2 heteroatoms. The molecule has 0 saturated carbocycles. The molecule has 0 unspecified atom stereocenters. The first-order chi connectivity index (χ1) is 5.20. The zero-order valence-electron chi connectivity index (χ0n) is 7.33. The first-order valence-electron chi connectivity index (χ1n) is 3.53. The van der Waals surface area contributed by atoms with Crippen LogP contribution in [-0.4, -0.2) is 11.9 Å². The number of hydrogen-bond donors (Lipinski definition) is 0. The van der Waals surface area contributed by atoms with E-state index in [-0.39, 0.29) is 0 Å². The van der Waals surface area contributed by atoms with E-state index in [9.17, 15) is 0 Å². The van der Waals surface area contributed by atoms with Gasteiger partial charge >= 0.3 is 0 Å². The summed E-state index contributed by atoms with van der Waals surface area (Å²) in [6.45, 7) is 9.23. The smallest absolute Gasteiger partial charge is 0.0390 e. The molecular formula is C9H14N2. The summed E-state index contributed by atoms with van der Waals surface area (Å²) in [6.07, 6.45) is 5.18. The second-order valence-corrected chi connectivity index (χ2v) is 2.13. The normalized spacial score (nSPS) is 14.1. The largest absolute Gasteiger partial charge is 0.266 e. The van der Waals surface area contributed by atoms with E-state index < -0.39 is 0 Å². The number of nitrogens with zero attached hydrogens (tertiary/aromatic N) is 2. The van der Waals surface area contributed by atoms with Crippen molar-refractivity contribution < 1.29 is 0 Å². The van der Waals surface area contributed by atoms with Gasteiger partial charge in [-0.3, -0.25) is 9.98 Å². The lowest BCUT2D eigenvalue weighted by Gasteiger charge is -1.90. The average molecular weight is 150 g/mol. The second kappa shape index (κ2) is 5.59. The van der Waals surface area contributed by atoms with Crippen LogP contribution < -0.4 is 0 Å². The molecule has 0 amide bonds. The Morgan fingerprint density at radius 1 is 1.36 bits per heavy atom. The van der Waals surface area contributed by atoms with Crippen molar-refractivity contribution in [2.45, 2.75) is 20.8 Å². The molecule has 0 radical (unpaired) electrons. The summed E-state index contributed by atoms with van der Waals surface area (Å²) < 4.78 is 0. The van der Waals surface area contributed by atoms with E-state index >= 15 is 0 Å². The Kier molecular flexibility index (Phi) is 4.99. The summed E-state index contributed by atoms with van der Waals surface area (Å²) in [4.78, 5) is 8.04. The number of rotatable bonds is 3. The van der Waals surface area contributed by atoms with Crippen LogP contribution in [0.3, 0.4) is 0 Å². The van der Waals surface area contributed by atoms with Crippen LogP contribution in [0.4, 0.5) is 0 Å². The zero-order chi connectivity index (χ0) is 8.69. The fourth-order valence-electron chi connectivity index (χ4n) is 0.724. The molecule has 0 aromatic rings. The van der Waals surface area contributed by atoms with E-state index in [1.165, 1.54) is 6.20 Å². The Morgan fingerprint density at radius 2 is 2.00 bits per heavy atom. The molecule has 0 aliphatic heterocycles. The molecule has 0 aromatic heterocycles. The highest BCUT2D eigenvalue weighted by Crippen LogP contribution is 1.94. The van der Waals surface area contributed by atoms with Gasteiger partial charge in [0.25, 0.3) is 0 Å². The van der Waals surface area contributed by atoms with Gasteiger partial charge in [0.1, 0.15) is 0 Å². The van der Waals surface area contributed by atoms with Crippen molar-refractivity contribution in [1.82, 2.24) is 0 Å². The molecule has 0 heterocycles. The molecule has 60 valence electrons. The van der Waals surface area contributed by atoms with Crippen molar-refractivity contribution in [3.63, 3.8) is 0 Å². The molecule has 0 atom stereocenters. The maximum Gasteiger partial charge on any atom is 0.0390 e. The number of allylic oxidation sites excluding steroid dienone is 2. The van der Waals surface area contributed by atoms with E-state index in [1.807, 2.05) is 26.8 Å². The van der Waals surface area contributed by atoms with Gasteiger partial charge in [-0.15, -0.1) is 0 Å². The molecule has 0 rings (SSSR count). The third-order valence-electron chi connectivity index (χ3n) is 1.05. The van der Waals surface area contributed by atoms with Crippen molar-refractivity contribution in [3.8, 4) is 0 Å². The highest BCUT2D eigenvalue weighted by Gasteiger charge is 1.84. The first kappa shape index (κ1) is 9.82. The summed E-state index contributed by atoms with van der Waals surface area (Å²) >= 11 is 0. The van der Waals surface area contributed by atoms with E-state index in [0.29, 0.717) is 0 Å². The molecule has 11 heavy (non-hydrogen) atoms. The lowest BCUT2D eigenvalue weighted by Crippen LogP contribution is -1.84. The van der Waals surface area contributed by atoms with Gasteiger partial charge in [0.05, 0.1) is 0 Å². The van der Waals surface area contributed by atoms with Crippen LogP contribution in [0, 0.1) is 0 Å². The quantitative estimate of drug-likeness (QED) is 0.552. The first-order valence-corrected chi connectivity index (χ1v) is 3.53. The molecule has 0 spiro atoms. The van der Waals surface area contributed by atoms with Gasteiger partial charge in [0.15, 0.2) is 0 Å².